The normalized spacial score (nSPS) is 15.3. The Morgan fingerprint density at radius 3 is 2.57 bits per heavy atom. The fourth-order valence-corrected chi connectivity index (χ4v) is 4.19. The molecule has 0 unspecified atom stereocenters. The number of nitrogens with zero attached hydrogens (tertiary/aromatic N) is 3. The molecule has 1 saturated carbocycles. The van der Waals surface area contributed by atoms with Gasteiger partial charge in [-0.05, 0) is 49.9 Å². The van der Waals surface area contributed by atoms with Crippen LogP contribution >= 0.6 is 0 Å². The molecule has 1 fully saturated rings. The maximum Gasteiger partial charge on any atom is 0.276 e. The Morgan fingerprint density at radius 2 is 1.83 bits per heavy atom. The molecule has 1 amide bonds. The molecular formula is C24H30N4O2. The van der Waals surface area contributed by atoms with Gasteiger partial charge in [-0.3, -0.25) is 9.59 Å². The molecular weight excluding hydrogens is 376 g/mol. The van der Waals surface area contributed by atoms with Crippen molar-refractivity contribution in [2.45, 2.75) is 71.4 Å². The predicted molar refractivity (Wildman–Crippen MR) is 119 cm³/mol. The topological polar surface area (TPSA) is 68.4 Å². The molecule has 3 aromatic rings. The lowest BCUT2D eigenvalue weighted by molar-refractivity contribution is -0.122. The summed E-state index contributed by atoms with van der Waals surface area (Å²) in [6.07, 6.45) is 10.8. The average molecular weight is 407 g/mol. The standard InChI is InChI=1S/C24H30N4O2/c1-17-9-10-19(15-18(17)2)21-16-22-24(30)27(13-14-28(22)26-21)12-11-23(29)25-20-7-5-3-4-6-8-20/h9-10,13-16,20H,3-8,11-12H2,1-2H3,(H,25,29). The van der Waals surface area contributed by atoms with Crippen LogP contribution < -0.4 is 10.9 Å². The third-order valence-corrected chi connectivity index (χ3v) is 6.21. The van der Waals surface area contributed by atoms with E-state index in [2.05, 4.69) is 36.4 Å². The van der Waals surface area contributed by atoms with E-state index < -0.39 is 0 Å². The van der Waals surface area contributed by atoms with Gasteiger partial charge in [0.25, 0.3) is 5.56 Å². The summed E-state index contributed by atoms with van der Waals surface area (Å²) in [5.41, 5.74) is 4.60. The summed E-state index contributed by atoms with van der Waals surface area (Å²) in [6, 6.07) is 8.30. The first-order valence-corrected chi connectivity index (χ1v) is 11.0. The van der Waals surface area contributed by atoms with Gasteiger partial charge < -0.3 is 9.88 Å². The van der Waals surface area contributed by atoms with Crippen molar-refractivity contribution in [3.8, 4) is 11.3 Å². The minimum atomic E-state index is -0.123. The highest BCUT2D eigenvalue weighted by molar-refractivity contribution is 5.76. The molecule has 0 bridgehead atoms. The molecule has 0 atom stereocenters. The van der Waals surface area contributed by atoms with Crippen LogP contribution in [0.3, 0.4) is 0 Å². The van der Waals surface area contributed by atoms with Crippen LogP contribution in [0.15, 0.2) is 41.5 Å². The first-order valence-electron chi connectivity index (χ1n) is 11.0. The number of hydrogen-bond acceptors (Lipinski definition) is 3. The largest absolute Gasteiger partial charge is 0.353 e. The lowest BCUT2D eigenvalue weighted by Crippen LogP contribution is -2.35. The molecule has 1 N–H and O–H groups in total. The molecule has 4 rings (SSSR count). The molecule has 0 saturated heterocycles. The number of aromatic nitrogens is 3. The number of carbonyl (C=O) groups excluding carboxylic acids is 1. The van der Waals surface area contributed by atoms with E-state index >= 15 is 0 Å². The summed E-state index contributed by atoms with van der Waals surface area (Å²) < 4.78 is 3.23. The first-order chi connectivity index (χ1) is 14.5. The maximum absolute atomic E-state index is 12.9. The van der Waals surface area contributed by atoms with Gasteiger partial charge >= 0.3 is 0 Å². The number of benzene rings is 1. The summed E-state index contributed by atoms with van der Waals surface area (Å²) in [5, 5.41) is 7.71. The van der Waals surface area contributed by atoms with E-state index in [0.717, 1.165) is 24.1 Å². The van der Waals surface area contributed by atoms with Crippen molar-refractivity contribution in [3.63, 3.8) is 0 Å². The minimum Gasteiger partial charge on any atom is -0.353 e. The van der Waals surface area contributed by atoms with Crippen molar-refractivity contribution in [3.05, 3.63) is 58.1 Å². The van der Waals surface area contributed by atoms with E-state index in [-0.39, 0.29) is 17.5 Å². The fourth-order valence-electron chi connectivity index (χ4n) is 4.19. The Hall–Kier alpha value is -2.89. The van der Waals surface area contributed by atoms with E-state index in [4.69, 9.17) is 0 Å². The van der Waals surface area contributed by atoms with Crippen LogP contribution in [-0.4, -0.2) is 26.1 Å². The highest BCUT2D eigenvalue weighted by Gasteiger charge is 2.15. The third kappa shape index (κ3) is 4.48. The van der Waals surface area contributed by atoms with Gasteiger partial charge in [0.2, 0.25) is 5.91 Å². The van der Waals surface area contributed by atoms with Gasteiger partial charge in [-0.15, -0.1) is 0 Å². The van der Waals surface area contributed by atoms with E-state index in [9.17, 15) is 9.59 Å². The van der Waals surface area contributed by atoms with E-state index in [0.29, 0.717) is 18.5 Å². The maximum atomic E-state index is 12.9. The van der Waals surface area contributed by atoms with Crippen molar-refractivity contribution >= 4 is 11.4 Å². The predicted octanol–water partition coefficient (Wildman–Crippen LogP) is 4.01. The summed E-state index contributed by atoms with van der Waals surface area (Å²) in [6.45, 7) is 4.52. The Morgan fingerprint density at radius 1 is 1.07 bits per heavy atom. The lowest BCUT2D eigenvalue weighted by Gasteiger charge is -2.16. The minimum absolute atomic E-state index is 0.0259. The van der Waals surface area contributed by atoms with Gasteiger partial charge in [-0.25, -0.2) is 4.52 Å². The highest BCUT2D eigenvalue weighted by atomic mass is 16.2. The summed E-state index contributed by atoms with van der Waals surface area (Å²) in [4.78, 5) is 25.3. The number of hydrogen-bond donors (Lipinski definition) is 1. The van der Waals surface area contributed by atoms with Crippen molar-refractivity contribution in [2.24, 2.45) is 0 Å². The van der Waals surface area contributed by atoms with E-state index in [1.807, 2.05) is 12.1 Å². The van der Waals surface area contributed by atoms with Crippen molar-refractivity contribution in [2.75, 3.05) is 0 Å². The number of amides is 1. The number of aryl methyl sites for hydroxylation is 3. The average Bonchev–Trinajstić information content (AvgIpc) is 3.01. The van der Waals surface area contributed by atoms with Gasteiger partial charge in [0.1, 0.15) is 5.52 Å². The van der Waals surface area contributed by atoms with Crippen molar-refractivity contribution in [1.29, 1.82) is 0 Å². The Kier molecular flexibility index (Phi) is 6.02. The zero-order valence-electron chi connectivity index (χ0n) is 17.9. The van der Waals surface area contributed by atoms with Gasteiger partial charge in [-0.2, -0.15) is 5.10 Å². The number of nitrogens with one attached hydrogen (secondary N) is 1. The summed E-state index contributed by atoms with van der Waals surface area (Å²) in [5.74, 6) is 0.0259. The van der Waals surface area contributed by atoms with Gasteiger partial charge in [-0.1, -0.05) is 37.8 Å². The summed E-state index contributed by atoms with van der Waals surface area (Å²) >= 11 is 0. The lowest BCUT2D eigenvalue weighted by atomic mass is 10.0. The molecule has 0 aliphatic heterocycles. The van der Waals surface area contributed by atoms with Gasteiger partial charge in [0.05, 0.1) is 5.69 Å². The molecule has 6 nitrogen and oxygen atoms in total. The molecule has 30 heavy (non-hydrogen) atoms. The number of rotatable bonds is 5. The smallest absolute Gasteiger partial charge is 0.276 e. The van der Waals surface area contributed by atoms with Crippen LogP contribution in [0.25, 0.3) is 16.8 Å². The van der Waals surface area contributed by atoms with Crippen LogP contribution in [0, 0.1) is 13.8 Å². The van der Waals surface area contributed by atoms with Crippen LogP contribution in [0.4, 0.5) is 0 Å². The summed E-state index contributed by atoms with van der Waals surface area (Å²) in [7, 11) is 0. The zero-order chi connectivity index (χ0) is 21.1. The third-order valence-electron chi connectivity index (χ3n) is 6.21. The molecule has 6 heteroatoms. The van der Waals surface area contributed by atoms with Crippen LogP contribution in [0.2, 0.25) is 0 Å². The SMILES string of the molecule is Cc1ccc(-c2cc3c(=O)n(CCC(=O)NC4CCCCCC4)ccn3n2)cc1C. The molecule has 0 spiro atoms. The van der Waals surface area contributed by atoms with Gasteiger partial charge in [0.15, 0.2) is 0 Å². The Labute approximate surface area is 176 Å². The van der Waals surface area contributed by atoms with Crippen molar-refractivity contribution in [1.82, 2.24) is 19.5 Å². The highest BCUT2D eigenvalue weighted by Crippen LogP contribution is 2.21. The second kappa shape index (κ2) is 8.86. The number of fused-ring (bicyclic) bond motifs is 1. The molecule has 2 aromatic heterocycles. The van der Waals surface area contributed by atoms with E-state index in [1.165, 1.54) is 36.8 Å². The quantitative estimate of drug-likeness (QED) is 0.651. The molecule has 1 aliphatic carbocycles. The zero-order valence-corrected chi connectivity index (χ0v) is 17.9. The van der Waals surface area contributed by atoms with Crippen LogP contribution in [0.1, 0.15) is 56.1 Å². The van der Waals surface area contributed by atoms with E-state index in [1.54, 1.807) is 21.5 Å². The Balaban J connectivity index is 1.47. The molecule has 158 valence electrons. The molecule has 2 heterocycles. The van der Waals surface area contributed by atoms with Gasteiger partial charge in [0, 0.05) is 37.0 Å². The fraction of sp³-hybridized carbons (Fsp3) is 0.458. The first kappa shape index (κ1) is 20.4. The molecule has 1 aliphatic rings. The Bertz CT molecular complexity index is 1100. The molecule has 1 aromatic carbocycles. The van der Waals surface area contributed by atoms with Crippen LogP contribution in [-0.2, 0) is 11.3 Å². The van der Waals surface area contributed by atoms with Crippen LogP contribution in [0.5, 0.6) is 0 Å². The second-order valence-corrected chi connectivity index (χ2v) is 8.46. The number of carbonyl (C=O) groups is 1. The second-order valence-electron chi connectivity index (χ2n) is 8.46. The molecule has 0 radical (unpaired) electrons. The monoisotopic (exact) mass is 406 g/mol. The van der Waals surface area contributed by atoms with Crippen molar-refractivity contribution < 1.29 is 4.79 Å².